The molecule has 0 heterocycles. The highest BCUT2D eigenvalue weighted by atomic mass is 35.5. The summed E-state index contributed by atoms with van der Waals surface area (Å²) >= 11 is 7.32. The zero-order valence-corrected chi connectivity index (χ0v) is 17.2. The molecule has 5 nitrogen and oxygen atoms in total. The number of carbonyl (C=O) groups is 2. The molecule has 0 saturated carbocycles. The fraction of sp³-hybridized carbons (Fsp3) is 0.0909. The lowest BCUT2D eigenvalue weighted by Crippen LogP contribution is -2.14. The molecular weight excluding hydrogens is 408 g/mol. The molecule has 0 aliphatic rings. The van der Waals surface area contributed by atoms with Crippen molar-refractivity contribution in [2.24, 2.45) is 0 Å². The van der Waals surface area contributed by atoms with E-state index >= 15 is 0 Å². The van der Waals surface area contributed by atoms with Crippen LogP contribution in [0.3, 0.4) is 0 Å². The zero-order chi connectivity index (χ0) is 20.6. The molecule has 148 valence electrons. The molecule has 3 aromatic rings. The fourth-order valence-corrected chi connectivity index (χ4v) is 3.44. The summed E-state index contributed by atoms with van der Waals surface area (Å²) in [4.78, 5) is 25.4. The molecule has 0 bridgehead atoms. The molecule has 2 amide bonds. The fourth-order valence-electron chi connectivity index (χ4n) is 2.55. The van der Waals surface area contributed by atoms with Crippen LogP contribution in [-0.4, -0.2) is 24.7 Å². The highest BCUT2D eigenvalue weighted by molar-refractivity contribution is 8.00. The van der Waals surface area contributed by atoms with E-state index in [0.29, 0.717) is 27.7 Å². The van der Waals surface area contributed by atoms with Crippen molar-refractivity contribution in [3.05, 3.63) is 83.4 Å². The Morgan fingerprint density at radius 3 is 2.45 bits per heavy atom. The third-order valence-corrected chi connectivity index (χ3v) is 5.20. The maximum absolute atomic E-state index is 12.3. The molecule has 0 spiro atoms. The van der Waals surface area contributed by atoms with Crippen LogP contribution >= 0.6 is 23.4 Å². The molecule has 0 saturated heterocycles. The molecule has 0 aromatic heterocycles. The predicted molar refractivity (Wildman–Crippen MR) is 118 cm³/mol. The second kappa shape index (κ2) is 10.0. The number of hydrogen-bond donors (Lipinski definition) is 2. The lowest BCUT2D eigenvalue weighted by molar-refractivity contribution is -0.113. The first-order valence-electron chi connectivity index (χ1n) is 8.78. The van der Waals surface area contributed by atoms with Crippen LogP contribution in [0.5, 0.6) is 5.75 Å². The number of amides is 2. The number of benzene rings is 3. The van der Waals surface area contributed by atoms with Crippen molar-refractivity contribution in [2.75, 3.05) is 23.5 Å². The summed E-state index contributed by atoms with van der Waals surface area (Å²) in [7, 11) is 1.56. The van der Waals surface area contributed by atoms with Crippen LogP contribution in [0.4, 0.5) is 11.4 Å². The number of methoxy groups -OCH3 is 1. The maximum Gasteiger partial charge on any atom is 0.255 e. The first-order chi connectivity index (χ1) is 14.0. The molecule has 3 aromatic carbocycles. The van der Waals surface area contributed by atoms with Crippen LogP contribution in [0.15, 0.2) is 77.7 Å². The molecule has 3 rings (SSSR count). The highest BCUT2D eigenvalue weighted by Crippen LogP contribution is 2.25. The van der Waals surface area contributed by atoms with Gasteiger partial charge in [0.25, 0.3) is 5.91 Å². The van der Waals surface area contributed by atoms with E-state index in [0.717, 1.165) is 4.90 Å². The Labute approximate surface area is 178 Å². The second-order valence-corrected chi connectivity index (χ2v) is 7.51. The van der Waals surface area contributed by atoms with Gasteiger partial charge in [-0.25, -0.2) is 0 Å². The minimum absolute atomic E-state index is 0.127. The quantitative estimate of drug-likeness (QED) is 0.501. The van der Waals surface area contributed by atoms with Gasteiger partial charge in [0.15, 0.2) is 0 Å². The molecule has 29 heavy (non-hydrogen) atoms. The molecule has 2 N–H and O–H groups in total. The van der Waals surface area contributed by atoms with E-state index in [2.05, 4.69) is 10.6 Å². The third kappa shape index (κ3) is 6.01. The lowest BCUT2D eigenvalue weighted by Gasteiger charge is -2.10. The van der Waals surface area contributed by atoms with Gasteiger partial charge in [-0.05, 0) is 54.6 Å². The monoisotopic (exact) mass is 426 g/mol. The minimum Gasteiger partial charge on any atom is -0.495 e. The number of hydrogen-bond acceptors (Lipinski definition) is 4. The van der Waals surface area contributed by atoms with Crippen molar-refractivity contribution >= 4 is 46.6 Å². The van der Waals surface area contributed by atoms with Crippen LogP contribution in [-0.2, 0) is 4.79 Å². The molecule has 0 radical (unpaired) electrons. The van der Waals surface area contributed by atoms with Crippen LogP contribution < -0.4 is 15.4 Å². The number of carbonyl (C=O) groups excluding carboxylic acids is 2. The Morgan fingerprint density at radius 1 is 0.966 bits per heavy atom. The van der Waals surface area contributed by atoms with Gasteiger partial charge < -0.3 is 15.4 Å². The van der Waals surface area contributed by atoms with Gasteiger partial charge in [0, 0.05) is 21.2 Å². The first kappa shape index (κ1) is 20.8. The summed E-state index contributed by atoms with van der Waals surface area (Å²) < 4.78 is 5.23. The SMILES string of the molecule is COc1ccccc1NC(=O)CSc1ccc(NC(=O)c2cccc(Cl)c2)cc1. The van der Waals surface area contributed by atoms with Gasteiger partial charge in [-0.2, -0.15) is 0 Å². The molecule has 0 fully saturated rings. The molecule has 0 aliphatic carbocycles. The number of thioether (sulfide) groups is 1. The molecule has 0 unspecified atom stereocenters. The van der Waals surface area contributed by atoms with Crippen LogP contribution in [0.2, 0.25) is 5.02 Å². The number of anilines is 2. The Hall–Kier alpha value is -2.96. The topological polar surface area (TPSA) is 67.4 Å². The zero-order valence-electron chi connectivity index (χ0n) is 15.6. The van der Waals surface area contributed by atoms with Gasteiger partial charge in [0.1, 0.15) is 5.75 Å². The molecule has 0 atom stereocenters. The van der Waals surface area contributed by atoms with Crippen molar-refractivity contribution in [1.82, 2.24) is 0 Å². The summed E-state index contributed by atoms with van der Waals surface area (Å²) in [6, 6.07) is 21.3. The van der Waals surface area contributed by atoms with Gasteiger partial charge in [-0.1, -0.05) is 29.8 Å². The third-order valence-electron chi connectivity index (χ3n) is 3.95. The predicted octanol–water partition coefficient (Wildman–Crippen LogP) is 5.33. The average Bonchev–Trinajstić information content (AvgIpc) is 2.73. The van der Waals surface area contributed by atoms with Crippen molar-refractivity contribution in [1.29, 1.82) is 0 Å². The van der Waals surface area contributed by atoms with Gasteiger partial charge in [0.2, 0.25) is 5.91 Å². The van der Waals surface area contributed by atoms with E-state index in [4.69, 9.17) is 16.3 Å². The number of ether oxygens (including phenoxy) is 1. The van der Waals surface area contributed by atoms with E-state index in [9.17, 15) is 9.59 Å². The Morgan fingerprint density at radius 2 is 1.72 bits per heavy atom. The lowest BCUT2D eigenvalue weighted by atomic mass is 10.2. The van der Waals surface area contributed by atoms with Gasteiger partial charge in [-0.15, -0.1) is 11.8 Å². The first-order valence-corrected chi connectivity index (χ1v) is 10.1. The normalized spacial score (nSPS) is 10.3. The van der Waals surface area contributed by atoms with Gasteiger partial charge in [-0.3, -0.25) is 9.59 Å². The minimum atomic E-state index is -0.232. The van der Waals surface area contributed by atoms with Gasteiger partial charge >= 0.3 is 0 Å². The molecule has 0 aliphatic heterocycles. The van der Waals surface area contributed by atoms with Crippen molar-refractivity contribution < 1.29 is 14.3 Å². The number of halogens is 1. The second-order valence-electron chi connectivity index (χ2n) is 6.03. The Kier molecular flexibility index (Phi) is 7.16. The average molecular weight is 427 g/mol. The summed E-state index contributed by atoms with van der Waals surface area (Å²) in [5, 5.41) is 6.17. The van der Waals surface area contributed by atoms with Gasteiger partial charge in [0.05, 0.1) is 18.6 Å². The summed E-state index contributed by atoms with van der Waals surface area (Å²) in [5.41, 5.74) is 1.79. The standard InChI is InChI=1S/C22H19ClN2O3S/c1-28-20-8-3-2-7-19(20)25-21(26)14-29-18-11-9-17(10-12-18)24-22(27)15-5-4-6-16(23)13-15/h2-13H,14H2,1H3,(H,24,27)(H,25,26). The molecular formula is C22H19ClN2O3S. The van der Waals surface area contributed by atoms with E-state index in [1.54, 1.807) is 55.6 Å². The van der Waals surface area contributed by atoms with Crippen LogP contribution in [0.25, 0.3) is 0 Å². The number of para-hydroxylation sites is 2. The Balaban J connectivity index is 1.52. The van der Waals surface area contributed by atoms with E-state index in [1.165, 1.54) is 11.8 Å². The largest absolute Gasteiger partial charge is 0.495 e. The van der Waals surface area contributed by atoms with Crippen molar-refractivity contribution in [2.45, 2.75) is 4.90 Å². The summed E-state index contributed by atoms with van der Waals surface area (Å²) in [6.45, 7) is 0. The van der Waals surface area contributed by atoms with Crippen LogP contribution in [0.1, 0.15) is 10.4 Å². The smallest absolute Gasteiger partial charge is 0.255 e. The van der Waals surface area contributed by atoms with E-state index in [1.807, 2.05) is 24.3 Å². The van der Waals surface area contributed by atoms with Crippen molar-refractivity contribution in [3.63, 3.8) is 0 Å². The highest BCUT2D eigenvalue weighted by Gasteiger charge is 2.09. The number of rotatable bonds is 7. The van der Waals surface area contributed by atoms with E-state index < -0.39 is 0 Å². The van der Waals surface area contributed by atoms with E-state index in [-0.39, 0.29) is 17.6 Å². The summed E-state index contributed by atoms with van der Waals surface area (Å²) in [5.74, 6) is 0.513. The Bertz CT molecular complexity index is 1010. The van der Waals surface area contributed by atoms with Crippen LogP contribution in [0, 0.1) is 0 Å². The molecule has 7 heteroatoms. The summed E-state index contributed by atoms with van der Waals surface area (Å²) in [6.07, 6.45) is 0. The number of nitrogens with one attached hydrogen (secondary N) is 2. The maximum atomic E-state index is 12.3. The van der Waals surface area contributed by atoms with Crippen molar-refractivity contribution in [3.8, 4) is 5.75 Å².